The molecule has 4 nitrogen and oxygen atoms in total. The first-order valence-corrected chi connectivity index (χ1v) is 3.01. The topological polar surface area (TPSA) is 57.4 Å². The van der Waals surface area contributed by atoms with E-state index in [2.05, 4.69) is 15.3 Å². The summed E-state index contributed by atoms with van der Waals surface area (Å²) in [7, 11) is 0. The summed E-state index contributed by atoms with van der Waals surface area (Å²) in [5.74, 6) is 0. The van der Waals surface area contributed by atoms with Crippen molar-refractivity contribution in [2.45, 2.75) is 0 Å². The number of hydrogen-bond donors (Lipinski definition) is 1. The number of nitrogens with one attached hydrogen (secondary N) is 1. The van der Waals surface area contributed by atoms with Crippen LogP contribution in [0, 0.1) is 11.5 Å². The van der Waals surface area contributed by atoms with Crippen LogP contribution in [-0.2, 0) is 4.84 Å². The SMILES string of the molecule is N#C/N=C1\NOC=CS1. The monoisotopic (exact) mass is 141 g/mol. The lowest BCUT2D eigenvalue weighted by atomic mass is 11.1. The molecule has 9 heavy (non-hydrogen) atoms. The van der Waals surface area contributed by atoms with Gasteiger partial charge in [0.05, 0.1) is 0 Å². The highest BCUT2D eigenvalue weighted by Crippen LogP contribution is 2.07. The predicted molar refractivity (Wildman–Crippen MR) is 34.0 cm³/mol. The molecular formula is C4H3N3OS. The van der Waals surface area contributed by atoms with E-state index in [4.69, 9.17) is 5.26 Å². The number of thioether (sulfide) groups is 1. The van der Waals surface area contributed by atoms with Crippen LogP contribution in [0.15, 0.2) is 16.7 Å². The molecule has 0 aromatic carbocycles. The maximum absolute atomic E-state index is 8.05. The number of nitriles is 1. The molecule has 0 aliphatic carbocycles. The maximum Gasteiger partial charge on any atom is 0.210 e. The Morgan fingerprint density at radius 2 is 2.78 bits per heavy atom. The van der Waals surface area contributed by atoms with Crippen molar-refractivity contribution in [1.29, 1.82) is 5.26 Å². The largest absolute Gasteiger partial charge is 0.387 e. The van der Waals surface area contributed by atoms with Crippen molar-refractivity contribution < 1.29 is 4.84 Å². The normalized spacial score (nSPS) is 20.1. The van der Waals surface area contributed by atoms with Gasteiger partial charge in [-0.3, -0.25) is 0 Å². The van der Waals surface area contributed by atoms with Gasteiger partial charge in [0.1, 0.15) is 6.26 Å². The molecule has 0 spiro atoms. The molecule has 1 rings (SSSR count). The van der Waals surface area contributed by atoms with Gasteiger partial charge >= 0.3 is 0 Å². The highest BCUT2D eigenvalue weighted by molar-refractivity contribution is 8.16. The molecule has 0 fully saturated rings. The van der Waals surface area contributed by atoms with Crippen LogP contribution >= 0.6 is 11.8 Å². The summed E-state index contributed by atoms with van der Waals surface area (Å²) in [6, 6.07) is 0. The number of aliphatic imine (C=N–C) groups is 1. The molecule has 46 valence electrons. The Kier molecular flexibility index (Phi) is 1.99. The summed E-state index contributed by atoms with van der Waals surface area (Å²) in [5.41, 5.74) is 2.42. The highest BCUT2D eigenvalue weighted by atomic mass is 32.2. The van der Waals surface area contributed by atoms with E-state index in [-0.39, 0.29) is 0 Å². The van der Waals surface area contributed by atoms with Crippen molar-refractivity contribution >= 4 is 16.9 Å². The van der Waals surface area contributed by atoms with Gasteiger partial charge in [-0.2, -0.15) is 10.7 Å². The summed E-state index contributed by atoms with van der Waals surface area (Å²) in [6.45, 7) is 0. The van der Waals surface area contributed by atoms with E-state index in [0.29, 0.717) is 5.17 Å². The van der Waals surface area contributed by atoms with Crippen LogP contribution in [0.25, 0.3) is 0 Å². The second-order valence-corrected chi connectivity index (χ2v) is 2.02. The molecule has 0 radical (unpaired) electrons. The molecule has 1 heterocycles. The quantitative estimate of drug-likeness (QED) is 0.501. The van der Waals surface area contributed by atoms with E-state index >= 15 is 0 Å². The van der Waals surface area contributed by atoms with E-state index in [1.54, 1.807) is 11.6 Å². The van der Waals surface area contributed by atoms with Crippen molar-refractivity contribution in [3.05, 3.63) is 11.7 Å². The predicted octanol–water partition coefficient (Wildman–Crippen LogP) is 0.563. The van der Waals surface area contributed by atoms with Crippen LogP contribution in [-0.4, -0.2) is 5.17 Å². The lowest BCUT2D eigenvalue weighted by Gasteiger charge is -2.06. The summed E-state index contributed by atoms with van der Waals surface area (Å²) < 4.78 is 0. The Hall–Kier alpha value is -1.15. The molecule has 1 aliphatic rings. The second-order valence-electron chi connectivity index (χ2n) is 1.13. The van der Waals surface area contributed by atoms with Crippen LogP contribution in [0.3, 0.4) is 0 Å². The van der Waals surface area contributed by atoms with Gasteiger partial charge < -0.3 is 4.84 Å². The molecule has 0 aromatic heterocycles. The first-order chi connectivity index (χ1) is 4.43. The van der Waals surface area contributed by atoms with Crippen molar-refractivity contribution in [2.75, 3.05) is 0 Å². The van der Waals surface area contributed by atoms with Gasteiger partial charge in [-0.15, -0.1) is 4.99 Å². The van der Waals surface area contributed by atoms with Crippen LogP contribution < -0.4 is 5.48 Å². The van der Waals surface area contributed by atoms with E-state index in [1.807, 2.05) is 0 Å². The third kappa shape index (κ3) is 1.66. The Morgan fingerprint density at radius 3 is 3.33 bits per heavy atom. The summed E-state index contributed by atoms with van der Waals surface area (Å²) in [4.78, 5) is 7.98. The summed E-state index contributed by atoms with van der Waals surface area (Å²) >= 11 is 1.30. The van der Waals surface area contributed by atoms with Gasteiger partial charge in [0.15, 0.2) is 0 Å². The van der Waals surface area contributed by atoms with Gasteiger partial charge in [-0.05, 0) is 0 Å². The number of nitrogens with zero attached hydrogens (tertiary/aromatic N) is 2. The average Bonchev–Trinajstić information content (AvgIpc) is 1.91. The average molecular weight is 141 g/mol. The van der Waals surface area contributed by atoms with Crippen LogP contribution in [0.2, 0.25) is 0 Å². The van der Waals surface area contributed by atoms with Gasteiger partial charge in [-0.1, -0.05) is 11.8 Å². The van der Waals surface area contributed by atoms with E-state index in [1.165, 1.54) is 18.0 Å². The fraction of sp³-hybridized carbons (Fsp3) is 0. The first-order valence-electron chi connectivity index (χ1n) is 2.13. The minimum Gasteiger partial charge on any atom is -0.387 e. The molecule has 0 saturated heterocycles. The Morgan fingerprint density at radius 1 is 1.89 bits per heavy atom. The highest BCUT2D eigenvalue weighted by Gasteiger charge is 1.99. The Labute approximate surface area is 56.2 Å². The van der Waals surface area contributed by atoms with Gasteiger partial charge in [0, 0.05) is 5.41 Å². The zero-order valence-electron chi connectivity index (χ0n) is 4.37. The smallest absolute Gasteiger partial charge is 0.210 e. The number of rotatable bonds is 0. The van der Waals surface area contributed by atoms with Gasteiger partial charge in [0.25, 0.3) is 0 Å². The lowest BCUT2D eigenvalue weighted by Crippen LogP contribution is -2.19. The fourth-order valence-corrected chi connectivity index (χ4v) is 0.753. The van der Waals surface area contributed by atoms with Gasteiger partial charge in [-0.25, -0.2) is 0 Å². The number of hydroxylamine groups is 1. The minimum absolute atomic E-state index is 0.458. The molecule has 0 amide bonds. The standard InChI is InChI=1S/C4H3N3OS/c5-3-6-4-7-8-1-2-9-4/h1-2H,(H,6,7). The minimum atomic E-state index is 0.458. The van der Waals surface area contributed by atoms with Gasteiger partial charge in [0.2, 0.25) is 11.4 Å². The van der Waals surface area contributed by atoms with E-state index in [0.717, 1.165) is 0 Å². The molecule has 0 saturated carbocycles. The third-order valence-electron chi connectivity index (χ3n) is 0.601. The Bertz CT molecular complexity index is 192. The zero-order valence-corrected chi connectivity index (χ0v) is 5.18. The zero-order chi connectivity index (χ0) is 6.53. The van der Waals surface area contributed by atoms with E-state index in [9.17, 15) is 0 Å². The molecule has 0 aromatic rings. The number of hydrogen-bond acceptors (Lipinski definition) is 4. The summed E-state index contributed by atoms with van der Waals surface area (Å²) in [6.07, 6.45) is 3.10. The molecule has 0 atom stereocenters. The summed E-state index contributed by atoms with van der Waals surface area (Å²) in [5, 5.41) is 10.2. The van der Waals surface area contributed by atoms with Crippen LogP contribution in [0.5, 0.6) is 0 Å². The molecule has 1 N–H and O–H groups in total. The van der Waals surface area contributed by atoms with Crippen molar-refractivity contribution in [3.63, 3.8) is 0 Å². The molecule has 0 bridgehead atoms. The second kappa shape index (κ2) is 2.99. The number of amidine groups is 1. The fourth-order valence-electron chi connectivity index (χ4n) is 0.323. The van der Waals surface area contributed by atoms with Crippen molar-refractivity contribution in [3.8, 4) is 6.19 Å². The van der Waals surface area contributed by atoms with Crippen LogP contribution in [0.4, 0.5) is 0 Å². The Balaban J connectivity index is 2.56. The molecule has 1 aliphatic heterocycles. The maximum atomic E-state index is 8.05. The first kappa shape index (κ1) is 5.98. The van der Waals surface area contributed by atoms with Crippen molar-refractivity contribution in [1.82, 2.24) is 5.48 Å². The lowest BCUT2D eigenvalue weighted by molar-refractivity contribution is 0.196. The molecule has 0 unspecified atom stereocenters. The van der Waals surface area contributed by atoms with Crippen molar-refractivity contribution in [2.24, 2.45) is 4.99 Å². The third-order valence-corrected chi connectivity index (χ3v) is 1.25. The molecular weight excluding hydrogens is 138 g/mol. The molecule has 5 heteroatoms. The van der Waals surface area contributed by atoms with Crippen LogP contribution in [0.1, 0.15) is 0 Å². The van der Waals surface area contributed by atoms with E-state index < -0.39 is 0 Å².